The highest BCUT2D eigenvalue weighted by Gasteiger charge is 2.25. The number of hydrogen-bond donors (Lipinski definition) is 1. The van der Waals surface area contributed by atoms with Crippen molar-refractivity contribution in [3.63, 3.8) is 0 Å². The molecule has 0 spiro atoms. The van der Waals surface area contributed by atoms with Crippen molar-refractivity contribution in [3.8, 4) is 0 Å². The van der Waals surface area contributed by atoms with E-state index in [1.54, 1.807) is 0 Å². The van der Waals surface area contributed by atoms with E-state index in [4.69, 9.17) is 4.74 Å². The number of rotatable bonds is 3. The number of nitrogens with one attached hydrogen (secondary N) is 1. The maximum atomic E-state index is 11.3. The summed E-state index contributed by atoms with van der Waals surface area (Å²) in [4.78, 5) is 11.5. The van der Waals surface area contributed by atoms with Crippen LogP contribution in [0.5, 0.6) is 0 Å². The highest BCUT2D eigenvalue weighted by atomic mass is 79.9. The molecule has 0 saturated heterocycles. The van der Waals surface area contributed by atoms with E-state index in [0.29, 0.717) is 6.54 Å². The number of carbonyl (C=O) groups is 1. The van der Waals surface area contributed by atoms with Gasteiger partial charge in [-0.3, -0.25) is 0 Å². The predicted molar refractivity (Wildman–Crippen MR) is 70.0 cm³/mol. The van der Waals surface area contributed by atoms with Gasteiger partial charge in [-0.15, -0.1) is 0 Å². The number of alkyl carbamates (subject to hydrolysis) is 1. The fraction of sp³-hybridized carbons (Fsp3) is 0.900. The van der Waals surface area contributed by atoms with Gasteiger partial charge in [-0.25, -0.2) is 4.79 Å². The van der Waals surface area contributed by atoms with Crippen LogP contribution >= 0.6 is 31.9 Å². The van der Waals surface area contributed by atoms with E-state index in [-0.39, 0.29) is 15.2 Å². The Bertz CT molecular complexity index is 218. The molecule has 0 radical (unpaired) electrons. The quantitative estimate of drug-likeness (QED) is 0.796. The lowest BCUT2D eigenvalue weighted by molar-refractivity contribution is 0.0527. The molecular formula is C10H19Br2NO2. The highest BCUT2D eigenvalue weighted by Crippen LogP contribution is 2.26. The second kappa shape index (κ2) is 5.53. The predicted octanol–water partition coefficient (Wildman–Crippen LogP) is 3.45. The number of halogens is 2. The second-order valence-electron chi connectivity index (χ2n) is 4.91. The van der Waals surface area contributed by atoms with E-state index in [2.05, 4.69) is 37.2 Å². The van der Waals surface area contributed by atoms with Crippen LogP contribution in [0.3, 0.4) is 0 Å². The summed E-state index contributed by atoms with van der Waals surface area (Å²) >= 11 is 7.01. The van der Waals surface area contributed by atoms with E-state index in [1.165, 1.54) is 0 Å². The molecule has 0 aromatic rings. The summed E-state index contributed by atoms with van der Waals surface area (Å²) in [5, 5.41) is 2.71. The molecule has 0 heterocycles. The molecule has 0 aromatic heterocycles. The molecule has 0 aliphatic rings. The summed E-state index contributed by atoms with van der Waals surface area (Å²) in [6, 6.07) is 0. The van der Waals surface area contributed by atoms with Crippen molar-refractivity contribution < 1.29 is 9.53 Å². The molecule has 0 bridgehead atoms. The van der Waals surface area contributed by atoms with Crippen LogP contribution in [0.1, 0.15) is 34.6 Å². The van der Waals surface area contributed by atoms with Gasteiger partial charge in [0.05, 0.1) is 0 Å². The Labute approximate surface area is 109 Å². The lowest BCUT2D eigenvalue weighted by Crippen LogP contribution is -2.40. The molecule has 1 amide bonds. The monoisotopic (exact) mass is 343 g/mol. The normalized spacial score (nSPS) is 14.6. The number of ether oxygens (including phenoxy) is 1. The summed E-state index contributed by atoms with van der Waals surface area (Å²) in [7, 11) is 0. The first kappa shape index (κ1) is 15.2. The number of carbonyl (C=O) groups excluding carboxylic acids is 1. The minimum atomic E-state index is -0.449. The van der Waals surface area contributed by atoms with Gasteiger partial charge in [-0.1, -0.05) is 31.9 Å². The topological polar surface area (TPSA) is 38.3 Å². The summed E-state index contributed by atoms with van der Waals surface area (Å²) < 4.78 is 5.05. The SMILES string of the molecule is CC(C)(C)OC(=O)NCC(Br)C(C)(C)Br. The van der Waals surface area contributed by atoms with E-state index in [0.717, 1.165) is 0 Å². The van der Waals surface area contributed by atoms with Gasteiger partial charge in [0.1, 0.15) is 5.60 Å². The van der Waals surface area contributed by atoms with Crippen LogP contribution in [0, 0.1) is 0 Å². The summed E-state index contributed by atoms with van der Waals surface area (Å²) in [6.07, 6.45) is -0.385. The Balaban J connectivity index is 3.92. The zero-order valence-electron chi connectivity index (χ0n) is 9.86. The number of alkyl halides is 2. The molecule has 90 valence electrons. The summed E-state index contributed by atoms with van der Waals surface area (Å²) in [5.74, 6) is 0. The fourth-order valence-corrected chi connectivity index (χ4v) is 1.05. The van der Waals surface area contributed by atoms with Crippen LogP contribution in [0.15, 0.2) is 0 Å². The van der Waals surface area contributed by atoms with Crippen molar-refractivity contribution in [1.82, 2.24) is 5.32 Å². The van der Waals surface area contributed by atoms with Crippen LogP contribution in [0.25, 0.3) is 0 Å². The fourth-order valence-electron chi connectivity index (χ4n) is 0.730. The van der Waals surface area contributed by atoms with Crippen molar-refractivity contribution in [2.75, 3.05) is 6.54 Å². The van der Waals surface area contributed by atoms with Crippen molar-refractivity contribution >= 4 is 38.0 Å². The Morgan fingerprint density at radius 1 is 1.33 bits per heavy atom. The zero-order chi connectivity index (χ0) is 12.3. The van der Waals surface area contributed by atoms with Crippen molar-refractivity contribution in [2.24, 2.45) is 0 Å². The first-order chi connectivity index (χ1) is 6.52. The Morgan fingerprint density at radius 2 is 1.80 bits per heavy atom. The molecular weight excluding hydrogens is 326 g/mol. The first-order valence-electron chi connectivity index (χ1n) is 4.82. The number of hydrogen-bond acceptors (Lipinski definition) is 2. The molecule has 0 rings (SSSR count). The molecule has 3 nitrogen and oxygen atoms in total. The highest BCUT2D eigenvalue weighted by molar-refractivity contribution is 9.12. The largest absolute Gasteiger partial charge is 0.444 e. The van der Waals surface area contributed by atoms with Gasteiger partial charge in [-0.05, 0) is 34.6 Å². The van der Waals surface area contributed by atoms with Crippen molar-refractivity contribution in [1.29, 1.82) is 0 Å². The lowest BCUT2D eigenvalue weighted by Gasteiger charge is -2.25. The van der Waals surface area contributed by atoms with Crippen LogP contribution in [-0.2, 0) is 4.74 Å². The molecule has 0 aliphatic heterocycles. The first-order valence-corrected chi connectivity index (χ1v) is 6.53. The molecule has 0 aromatic carbocycles. The van der Waals surface area contributed by atoms with Crippen LogP contribution in [-0.4, -0.2) is 27.4 Å². The van der Waals surface area contributed by atoms with E-state index < -0.39 is 5.60 Å². The minimum absolute atomic E-state index is 0.0674. The maximum absolute atomic E-state index is 11.3. The third kappa shape index (κ3) is 8.08. The van der Waals surface area contributed by atoms with E-state index >= 15 is 0 Å². The Kier molecular flexibility index (Phi) is 5.61. The molecule has 0 fully saturated rings. The van der Waals surface area contributed by atoms with Gasteiger partial charge in [0, 0.05) is 15.7 Å². The maximum Gasteiger partial charge on any atom is 0.407 e. The Hall–Kier alpha value is 0.230. The smallest absolute Gasteiger partial charge is 0.407 e. The molecule has 5 heteroatoms. The van der Waals surface area contributed by atoms with Gasteiger partial charge in [0.25, 0.3) is 0 Å². The van der Waals surface area contributed by atoms with E-state index in [1.807, 2.05) is 34.6 Å². The molecule has 1 unspecified atom stereocenters. The van der Waals surface area contributed by atoms with Gasteiger partial charge < -0.3 is 10.1 Å². The van der Waals surface area contributed by atoms with E-state index in [9.17, 15) is 4.79 Å². The zero-order valence-corrected chi connectivity index (χ0v) is 13.0. The van der Waals surface area contributed by atoms with Crippen molar-refractivity contribution in [2.45, 2.75) is 49.4 Å². The average molecular weight is 345 g/mol. The van der Waals surface area contributed by atoms with Crippen LogP contribution in [0.2, 0.25) is 0 Å². The third-order valence-corrected chi connectivity index (χ3v) is 4.20. The van der Waals surface area contributed by atoms with Gasteiger partial charge in [0.2, 0.25) is 0 Å². The van der Waals surface area contributed by atoms with Crippen molar-refractivity contribution in [3.05, 3.63) is 0 Å². The average Bonchev–Trinajstić information content (AvgIpc) is 1.94. The van der Waals surface area contributed by atoms with Crippen LogP contribution in [0.4, 0.5) is 4.79 Å². The van der Waals surface area contributed by atoms with Gasteiger partial charge in [0.15, 0.2) is 0 Å². The summed E-state index contributed by atoms with van der Waals surface area (Å²) in [6.45, 7) is 10.1. The standard InChI is InChI=1S/C10H19Br2NO2/c1-9(2,3)15-8(14)13-6-7(11)10(4,5)12/h7H,6H2,1-5H3,(H,13,14). The molecule has 0 saturated carbocycles. The molecule has 1 atom stereocenters. The number of amides is 1. The lowest BCUT2D eigenvalue weighted by atomic mass is 10.1. The third-order valence-electron chi connectivity index (χ3n) is 1.57. The molecule has 1 N–H and O–H groups in total. The van der Waals surface area contributed by atoms with Crippen LogP contribution < -0.4 is 5.32 Å². The second-order valence-corrected chi connectivity index (χ2v) is 8.06. The van der Waals surface area contributed by atoms with Gasteiger partial charge in [-0.2, -0.15) is 0 Å². The van der Waals surface area contributed by atoms with Gasteiger partial charge >= 0.3 is 6.09 Å². The Morgan fingerprint density at radius 3 is 2.13 bits per heavy atom. The minimum Gasteiger partial charge on any atom is -0.444 e. The summed E-state index contributed by atoms with van der Waals surface area (Å²) in [5.41, 5.74) is -0.449. The molecule has 0 aliphatic carbocycles. The molecule has 15 heavy (non-hydrogen) atoms.